The maximum Gasteiger partial charge on any atom is 0.349 e. The third-order valence-electron chi connectivity index (χ3n) is 3.66. The molecule has 1 amide bonds. The van der Waals surface area contributed by atoms with Crippen molar-refractivity contribution >= 4 is 40.1 Å². The van der Waals surface area contributed by atoms with E-state index in [-0.39, 0.29) is 11.6 Å². The second-order valence-corrected chi connectivity index (χ2v) is 6.25. The zero-order chi connectivity index (χ0) is 17.3. The molecule has 0 unspecified atom stereocenters. The Labute approximate surface area is 148 Å². The number of carbonyl (C=O) groups excluding carboxylic acids is 1. The summed E-state index contributed by atoms with van der Waals surface area (Å²) in [6.45, 7) is 1.82. The smallest absolute Gasteiger partial charge is 0.349 e. The van der Waals surface area contributed by atoms with E-state index in [4.69, 9.17) is 27.6 Å². The van der Waals surface area contributed by atoms with Gasteiger partial charge in [0.15, 0.2) is 0 Å². The number of rotatable bonds is 3. The lowest BCUT2D eigenvalue weighted by atomic mass is 10.1. The lowest BCUT2D eigenvalue weighted by molar-refractivity contribution is 0.0936. The number of nitrogens with one attached hydrogen (secondary N) is 1. The number of hydrogen-bond acceptors (Lipinski definition) is 3. The van der Waals surface area contributed by atoms with Gasteiger partial charge in [-0.05, 0) is 48.9 Å². The molecule has 4 nitrogen and oxygen atoms in total. The monoisotopic (exact) mass is 361 g/mol. The summed E-state index contributed by atoms with van der Waals surface area (Å²) >= 11 is 11.8. The number of benzene rings is 2. The first-order valence-electron chi connectivity index (χ1n) is 7.24. The van der Waals surface area contributed by atoms with E-state index in [0.29, 0.717) is 21.0 Å². The predicted molar refractivity (Wildman–Crippen MR) is 94.8 cm³/mol. The van der Waals surface area contributed by atoms with Gasteiger partial charge in [-0.25, -0.2) is 4.79 Å². The fourth-order valence-electron chi connectivity index (χ4n) is 2.36. The molecule has 0 bridgehead atoms. The first-order chi connectivity index (χ1) is 11.4. The van der Waals surface area contributed by atoms with E-state index in [2.05, 4.69) is 5.32 Å². The maximum atomic E-state index is 12.4. The van der Waals surface area contributed by atoms with Crippen molar-refractivity contribution < 1.29 is 9.21 Å². The standard InChI is InChI=1S/C18H13Cl2NO3/c1-10(11-2-4-13(19)5-3-11)21-17(22)15-9-12-8-14(20)6-7-16(12)24-18(15)23/h2-10H,1H3,(H,21,22)/t10-/m1/s1. The molecule has 24 heavy (non-hydrogen) atoms. The van der Waals surface area contributed by atoms with E-state index in [1.807, 2.05) is 19.1 Å². The zero-order valence-electron chi connectivity index (χ0n) is 12.7. The minimum absolute atomic E-state index is 0.0643. The van der Waals surface area contributed by atoms with Crippen molar-refractivity contribution in [3.63, 3.8) is 0 Å². The SMILES string of the molecule is C[C@@H](NC(=O)c1cc2cc(Cl)ccc2oc1=O)c1ccc(Cl)cc1. The molecule has 6 heteroatoms. The van der Waals surface area contributed by atoms with Crippen LogP contribution in [0.15, 0.2) is 57.7 Å². The normalized spacial score (nSPS) is 12.1. The van der Waals surface area contributed by atoms with Crippen LogP contribution in [-0.2, 0) is 0 Å². The van der Waals surface area contributed by atoms with Gasteiger partial charge in [0.2, 0.25) is 0 Å². The summed E-state index contributed by atoms with van der Waals surface area (Å²) in [5, 5.41) is 4.48. The fraction of sp³-hybridized carbons (Fsp3) is 0.111. The summed E-state index contributed by atoms with van der Waals surface area (Å²) in [6, 6.07) is 13.2. The summed E-state index contributed by atoms with van der Waals surface area (Å²) in [5.41, 5.74) is 0.504. The van der Waals surface area contributed by atoms with Crippen LogP contribution in [0, 0.1) is 0 Å². The van der Waals surface area contributed by atoms with Gasteiger partial charge >= 0.3 is 5.63 Å². The van der Waals surface area contributed by atoms with E-state index in [0.717, 1.165) is 5.56 Å². The molecule has 0 saturated carbocycles. The van der Waals surface area contributed by atoms with Crippen LogP contribution < -0.4 is 10.9 Å². The van der Waals surface area contributed by atoms with Crippen molar-refractivity contribution in [2.24, 2.45) is 0 Å². The van der Waals surface area contributed by atoms with Gasteiger partial charge in [-0.2, -0.15) is 0 Å². The Morgan fingerprint density at radius 3 is 2.42 bits per heavy atom. The first kappa shape index (κ1) is 16.6. The van der Waals surface area contributed by atoms with Crippen molar-refractivity contribution in [1.29, 1.82) is 0 Å². The summed E-state index contributed by atoms with van der Waals surface area (Å²) in [6.07, 6.45) is 0. The van der Waals surface area contributed by atoms with E-state index < -0.39 is 11.5 Å². The molecule has 3 aromatic rings. The van der Waals surface area contributed by atoms with E-state index in [9.17, 15) is 9.59 Å². The predicted octanol–water partition coefficient (Wildman–Crippen LogP) is 4.59. The summed E-state index contributed by atoms with van der Waals surface area (Å²) in [5.74, 6) is -0.506. The summed E-state index contributed by atoms with van der Waals surface area (Å²) < 4.78 is 5.18. The third-order valence-corrected chi connectivity index (χ3v) is 4.14. The number of fused-ring (bicyclic) bond motifs is 1. The second kappa shape index (κ2) is 6.67. The van der Waals surface area contributed by atoms with Crippen molar-refractivity contribution in [1.82, 2.24) is 5.32 Å². The minimum atomic E-state index is -0.689. The van der Waals surface area contributed by atoms with Crippen LogP contribution in [0.2, 0.25) is 10.0 Å². The molecule has 0 saturated heterocycles. The van der Waals surface area contributed by atoms with E-state index in [1.165, 1.54) is 6.07 Å². The molecule has 0 aliphatic rings. The van der Waals surface area contributed by atoms with Crippen molar-refractivity contribution in [2.75, 3.05) is 0 Å². The van der Waals surface area contributed by atoms with Crippen LogP contribution in [-0.4, -0.2) is 5.91 Å². The van der Waals surface area contributed by atoms with Gasteiger partial charge in [-0.15, -0.1) is 0 Å². The van der Waals surface area contributed by atoms with E-state index in [1.54, 1.807) is 30.3 Å². The summed E-state index contributed by atoms with van der Waals surface area (Å²) in [7, 11) is 0. The molecule has 0 fully saturated rings. The summed E-state index contributed by atoms with van der Waals surface area (Å²) in [4.78, 5) is 24.5. The third kappa shape index (κ3) is 3.45. The van der Waals surface area contributed by atoms with Gasteiger partial charge in [-0.1, -0.05) is 35.3 Å². The van der Waals surface area contributed by atoms with Gasteiger partial charge in [-0.3, -0.25) is 4.79 Å². The minimum Gasteiger partial charge on any atom is -0.422 e. The Kier molecular flexibility index (Phi) is 4.60. The van der Waals surface area contributed by atoms with Gasteiger partial charge in [0, 0.05) is 15.4 Å². The molecule has 0 radical (unpaired) electrons. The van der Waals surface area contributed by atoms with Crippen LogP contribution in [0.3, 0.4) is 0 Å². The molecule has 2 aromatic carbocycles. The quantitative estimate of drug-likeness (QED) is 0.694. The van der Waals surface area contributed by atoms with Crippen LogP contribution in [0.1, 0.15) is 28.9 Å². The second-order valence-electron chi connectivity index (χ2n) is 5.38. The Hall–Kier alpha value is -2.30. The van der Waals surface area contributed by atoms with Gasteiger partial charge in [0.25, 0.3) is 5.91 Å². The van der Waals surface area contributed by atoms with Crippen LogP contribution >= 0.6 is 23.2 Å². The Morgan fingerprint density at radius 1 is 1.04 bits per heavy atom. The highest BCUT2D eigenvalue weighted by atomic mass is 35.5. The number of halogens is 2. The lowest BCUT2D eigenvalue weighted by Gasteiger charge is -2.14. The zero-order valence-corrected chi connectivity index (χ0v) is 14.2. The molecule has 0 aliphatic heterocycles. The van der Waals surface area contributed by atoms with Gasteiger partial charge < -0.3 is 9.73 Å². The molecule has 3 rings (SSSR count). The highest BCUT2D eigenvalue weighted by molar-refractivity contribution is 6.31. The molecule has 1 N–H and O–H groups in total. The maximum absolute atomic E-state index is 12.4. The highest BCUT2D eigenvalue weighted by Crippen LogP contribution is 2.20. The van der Waals surface area contributed by atoms with Crippen molar-refractivity contribution in [3.05, 3.63) is 80.1 Å². The average molecular weight is 362 g/mol. The largest absolute Gasteiger partial charge is 0.422 e. The molecule has 1 aromatic heterocycles. The van der Waals surface area contributed by atoms with Crippen molar-refractivity contribution in [2.45, 2.75) is 13.0 Å². The Morgan fingerprint density at radius 2 is 1.71 bits per heavy atom. The average Bonchev–Trinajstić information content (AvgIpc) is 2.55. The van der Waals surface area contributed by atoms with Crippen molar-refractivity contribution in [3.8, 4) is 0 Å². The highest BCUT2D eigenvalue weighted by Gasteiger charge is 2.17. The van der Waals surface area contributed by atoms with Crippen LogP contribution in [0.5, 0.6) is 0 Å². The van der Waals surface area contributed by atoms with Gasteiger partial charge in [0.1, 0.15) is 11.1 Å². The molecular weight excluding hydrogens is 349 g/mol. The lowest BCUT2D eigenvalue weighted by Crippen LogP contribution is -2.30. The van der Waals surface area contributed by atoms with E-state index >= 15 is 0 Å². The molecule has 0 aliphatic carbocycles. The molecule has 0 spiro atoms. The number of amides is 1. The van der Waals surface area contributed by atoms with Crippen LogP contribution in [0.4, 0.5) is 0 Å². The van der Waals surface area contributed by atoms with Gasteiger partial charge in [0.05, 0.1) is 6.04 Å². The number of carbonyl (C=O) groups is 1. The molecular formula is C18H13Cl2NO3. The molecule has 1 atom stereocenters. The molecule has 1 heterocycles. The molecule has 122 valence electrons. The first-order valence-corrected chi connectivity index (χ1v) is 7.99. The van der Waals surface area contributed by atoms with Crippen LogP contribution in [0.25, 0.3) is 11.0 Å². The Balaban J connectivity index is 1.89. The topological polar surface area (TPSA) is 59.3 Å². The fourth-order valence-corrected chi connectivity index (χ4v) is 2.67. The Bertz CT molecular complexity index is 964. The number of hydrogen-bond donors (Lipinski definition) is 1.